The molecule has 21 heavy (non-hydrogen) atoms. The Labute approximate surface area is 133 Å². The van der Waals surface area contributed by atoms with E-state index in [4.69, 9.17) is 23.2 Å². The number of aromatic nitrogens is 2. The van der Waals surface area contributed by atoms with E-state index in [1.165, 1.54) is 0 Å². The predicted octanol–water partition coefficient (Wildman–Crippen LogP) is 5.53. The summed E-state index contributed by atoms with van der Waals surface area (Å²) in [5.41, 5.74) is 4.88. The Bertz CT molecular complexity index is 857. The molecule has 0 unspecified atom stereocenters. The SMILES string of the molecule is Cc1cc(C)c2c(Cl)nc(-c3cccc(C)c3Cl)nc2c1. The summed E-state index contributed by atoms with van der Waals surface area (Å²) in [5.74, 6) is 0.561. The van der Waals surface area contributed by atoms with Crippen molar-refractivity contribution in [3.05, 3.63) is 57.2 Å². The maximum Gasteiger partial charge on any atom is 0.163 e. The quantitative estimate of drug-likeness (QED) is 0.552. The molecule has 0 saturated heterocycles. The van der Waals surface area contributed by atoms with E-state index in [2.05, 4.69) is 16.0 Å². The number of fused-ring (bicyclic) bond motifs is 1. The van der Waals surface area contributed by atoms with E-state index in [0.29, 0.717) is 16.0 Å². The van der Waals surface area contributed by atoms with Crippen LogP contribution in [0.2, 0.25) is 10.2 Å². The van der Waals surface area contributed by atoms with Crippen molar-refractivity contribution in [2.24, 2.45) is 0 Å². The van der Waals surface area contributed by atoms with Crippen LogP contribution in [0.1, 0.15) is 16.7 Å². The van der Waals surface area contributed by atoms with Gasteiger partial charge in [-0.05, 0) is 49.6 Å². The molecule has 0 fully saturated rings. The molecule has 0 aliphatic rings. The van der Waals surface area contributed by atoms with Gasteiger partial charge in [0.1, 0.15) is 5.15 Å². The van der Waals surface area contributed by atoms with Crippen molar-refractivity contribution in [1.29, 1.82) is 0 Å². The highest BCUT2D eigenvalue weighted by atomic mass is 35.5. The van der Waals surface area contributed by atoms with Gasteiger partial charge in [-0.15, -0.1) is 0 Å². The van der Waals surface area contributed by atoms with Gasteiger partial charge in [-0.2, -0.15) is 0 Å². The van der Waals surface area contributed by atoms with Crippen LogP contribution in [0, 0.1) is 20.8 Å². The number of hydrogen-bond donors (Lipinski definition) is 0. The first kappa shape index (κ1) is 14.3. The number of nitrogens with zero attached hydrogens (tertiary/aromatic N) is 2. The van der Waals surface area contributed by atoms with Crippen molar-refractivity contribution in [1.82, 2.24) is 9.97 Å². The highest BCUT2D eigenvalue weighted by Gasteiger charge is 2.13. The molecule has 106 valence electrons. The summed E-state index contributed by atoms with van der Waals surface area (Å²) in [7, 11) is 0. The smallest absolute Gasteiger partial charge is 0.163 e. The van der Waals surface area contributed by atoms with E-state index in [1.54, 1.807) is 0 Å². The molecule has 0 saturated carbocycles. The van der Waals surface area contributed by atoms with Crippen molar-refractivity contribution in [3.8, 4) is 11.4 Å². The Morgan fingerprint density at radius 3 is 2.43 bits per heavy atom. The third-order valence-electron chi connectivity index (χ3n) is 3.53. The molecule has 3 rings (SSSR count). The van der Waals surface area contributed by atoms with Gasteiger partial charge < -0.3 is 0 Å². The minimum absolute atomic E-state index is 0.463. The van der Waals surface area contributed by atoms with Gasteiger partial charge in [-0.3, -0.25) is 0 Å². The largest absolute Gasteiger partial charge is 0.228 e. The van der Waals surface area contributed by atoms with E-state index >= 15 is 0 Å². The maximum absolute atomic E-state index is 6.37. The number of benzene rings is 2. The fourth-order valence-corrected chi connectivity index (χ4v) is 3.07. The Balaban J connectivity index is 2.33. The molecule has 0 aliphatic heterocycles. The van der Waals surface area contributed by atoms with Crippen LogP contribution < -0.4 is 0 Å². The lowest BCUT2D eigenvalue weighted by Crippen LogP contribution is -1.95. The Hall–Kier alpha value is -1.64. The first-order valence-electron chi connectivity index (χ1n) is 6.67. The van der Waals surface area contributed by atoms with Gasteiger partial charge >= 0.3 is 0 Å². The molecule has 0 N–H and O–H groups in total. The number of halogens is 2. The Morgan fingerprint density at radius 1 is 0.905 bits per heavy atom. The highest BCUT2D eigenvalue weighted by Crippen LogP contribution is 2.32. The van der Waals surface area contributed by atoms with Gasteiger partial charge in [0.05, 0.1) is 10.5 Å². The molecule has 0 atom stereocenters. The lowest BCUT2D eigenvalue weighted by atomic mass is 10.1. The van der Waals surface area contributed by atoms with E-state index in [-0.39, 0.29) is 0 Å². The molecule has 0 spiro atoms. The minimum atomic E-state index is 0.463. The molecular formula is C17H14Cl2N2. The fourth-order valence-electron chi connectivity index (χ4n) is 2.53. The second-order valence-electron chi connectivity index (χ2n) is 5.25. The summed E-state index contributed by atoms with van der Waals surface area (Å²) in [6, 6.07) is 9.91. The van der Waals surface area contributed by atoms with Crippen LogP contribution in [-0.2, 0) is 0 Å². The minimum Gasteiger partial charge on any atom is -0.228 e. The van der Waals surface area contributed by atoms with Gasteiger partial charge in [0.15, 0.2) is 5.82 Å². The lowest BCUT2D eigenvalue weighted by Gasteiger charge is -2.10. The number of rotatable bonds is 1. The normalized spacial score (nSPS) is 11.1. The predicted molar refractivity (Wildman–Crippen MR) is 89.2 cm³/mol. The maximum atomic E-state index is 6.37. The zero-order valence-electron chi connectivity index (χ0n) is 12.0. The molecule has 1 heterocycles. The number of aryl methyl sites for hydroxylation is 3. The van der Waals surface area contributed by atoms with Gasteiger partial charge in [-0.25, -0.2) is 9.97 Å². The van der Waals surface area contributed by atoms with Gasteiger partial charge in [0.25, 0.3) is 0 Å². The van der Waals surface area contributed by atoms with E-state index in [1.807, 2.05) is 45.0 Å². The standard InChI is InChI=1S/C17H14Cl2N2/c1-9-7-11(3)14-13(8-9)20-17(21-16(14)19)12-6-4-5-10(2)15(12)18/h4-8H,1-3H3. The second kappa shape index (κ2) is 5.28. The van der Waals surface area contributed by atoms with Crippen molar-refractivity contribution in [3.63, 3.8) is 0 Å². The van der Waals surface area contributed by atoms with Gasteiger partial charge in [0.2, 0.25) is 0 Å². The van der Waals surface area contributed by atoms with Crippen LogP contribution >= 0.6 is 23.2 Å². The fraction of sp³-hybridized carbons (Fsp3) is 0.176. The molecule has 0 radical (unpaired) electrons. The molecule has 0 bridgehead atoms. The zero-order valence-corrected chi connectivity index (χ0v) is 13.5. The molecule has 0 aliphatic carbocycles. The zero-order chi connectivity index (χ0) is 15.1. The van der Waals surface area contributed by atoms with Gasteiger partial charge in [0, 0.05) is 10.9 Å². The highest BCUT2D eigenvalue weighted by molar-refractivity contribution is 6.35. The third kappa shape index (κ3) is 2.50. The summed E-state index contributed by atoms with van der Waals surface area (Å²) in [5, 5.41) is 2.03. The van der Waals surface area contributed by atoms with Crippen LogP contribution in [0.15, 0.2) is 30.3 Å². The third-order valence-corrected chi connectivity index (χ3v) is 4.30. The van der Waals surface area contributed by atoms with Crippen LogP contribution in [0.3, 0.4) is 0 Å². The monoisotopic (exact) mass is 316 g/mol. The van der Waals surface area contributed by atoms with Crippen molar-refractivity contribution in [2.45, 2.75) is 20.8 Å². The van der Waals surface area contributed by atoms with Crippen LogP contribution in [0.25, 0.3) is 22.3 Å². The first-order valence-corrected chi connectivity index (χ1v) is 7.43. The molecule has 3 aromatic rings. The molecule has 2 nitrogen and oxygen atoms in total. The van der Waals surface area contributed by atoms with Crippen molar-refractivity contribution in [2.75, 3.05) is 0 Å². The summed E-state index contributed by atoms with van der Waals surface area (Å²) in [6.45, 7) is 6.02. The summed E-state index contributed by atoms with van der Waals surface area (Å²) >= 11 is 12.7. The molecule has 4 heteroatoms. The second-order valence-corrected chi connectivity index (χ2v) is 5.99. The van der Waals surface area contributed by atoms with Crippen molar-refractivity contribution < 1.29 is 0 Å². The summed E-state index contributed by atoms with van der Waals surface area (Å²) < 4.78 is 0. The molecule has 0 amide bonds. The number of hydrogen-bond acceptors (Lipinski definition) is 2. The lowest BCUT2D eigenvalue weighted by molar-refractivity contribution is 1.21. The molecule has 2 aromatic carbocycles. The topological polar surface area (TPSA) is 25.8 Å². The van der Waals surface area contributed by atoms with E-state index in [0.717, 1.165) is 33.2 Å². The van der Waals surface area contributed by atoms with Crippen molar-refractivity contribution >= 4 is 34.1 Å². The molecular weight excluding hydrogens is 303 g/mol. The average molecular weight is 317 g/mol. The summed E-state index contributed by atoms with van der Waals surface area (Å²) in [6.07, 6.45) is 0. The average Bonchev–Trinajstić information content (AvgIpc) is 2.40. The van der Waals surface area contributed by atoms with E-state index < -0.39 is 0 Å². The van der Waals surface area contributed by atoms with Gasteiger partial charge in [-0.1, -0.05) is 41.4 Å². The Kier molecular flexibility index (Phi) is 3.60. The Morgan fingerprint density at radius 2 is 1.67 bits per heavy atom. The molecule has 1 aromatic heterocycles. The summed E-state index contributed by atoms with van der Waals surface area (Å²) in [4.78, 5) is 9.08. The van der Waals surface area contributed by atoms with Crippen LogP contribution in [0.4, 0.5) is 0 Å². The van der Waals surface area contributed by atoms with Crippen LogP contribution in [0.5, 0.6) is 0 Å². The van der Waals surface area contributed by atoms with E-state index in [9.17, 15) is 0 Å². The first-order chi connectivity index (χ1) is 9.97. The van der Waals surface area contributed by atoms with Crippen LogP contribution in [-0.4, -0.2) is 9.97 Å².